The lowest BCUT2D eigenvalue weighted by molar-refractivity contribution is -0.137. The summed E-state index contributed by atoms with van der Waals surface area (Å²) in [7, 11) is 0. The van der Waals surface area contributed by atoms with Gasteiger partial charge in [-0.3, -0.25) is 14.6 Å². The topological polar surface area (TPSA) is 79.3 Å². The van der Waals surface area contributed by atoms with Crippen LogP contribution in [0.25, 0.3) is 10.9 Å². The summed E-state index contributed by atoms with van der Waals surface area (Å²) in [5.41, 5.74) is 1.24. The first-order valence-electron chi connectivity index (χ1n) is 5.94. The van der Waals surface area contributed by atoms with Crippen molar-refractivity contribution in [2.75, 3.05) is 0 Å². The number of nitrogens with zero attached hydrogens (tertiary/aromatic N) is 1. The summed E-state index contributed by atoms with van der Waals surface area (Å²) in [5, 5.41) is 12.1. The van der Waals surface area contributed by atoms with Crippen LogP contribution in [-0.4, -0.2) is 28.0 Å². The number of carboxylic acid groups (broad SMARTS) is 1. The fourth-order valence-corrected chi connectivity index (χ4v) is 1.91. The van der Waals surface area contributed by atoms with E-state index in [-0.39, 0.29) is 12.3 Å². The summed E-state index contributed by atoms with van der Waals surface area (Å²) in [4.78, 5) is 26.9. The number of hydrogen-bond donors (Lipinski definition) is 2. The van der Waals surface area contributed by atoms with Gasteiger partial charge in [0, 0.05) is 17.6 Å². The minimum atomic E-state index is -0.938. The van der Waals surface area contributed by atoms with Gasteiger partial charge in [-0.15, -0.1) is 0 Å². The SMILES string of the molecule is CC(CC(=O)O)NC(=O)c1ccnc2ccccc12. The summed E-state index contributed by atoms with van der Waals surface area (Å²) in [6.45, 7) is 1.66. The highest BCUT2D eigenvalue weighted by Gasteiger charge is 2.14. The van der Waals surface area contributed by atoms with Gasteiger partial charge in [-0.1, -0.05) is 18.2 Å². The summed E-state index contributed by atoms with van der Waals surface area (Å²) >= 11 is 0. The highest BCUT2D eigenvalue weighted by atomic mass is 16.4. The largest absolute Gasteiger partial charge is 0.481 e. The Morgan fingerprint density at radius 2 is 2.05 bits per heavy atom. The van der Waals surface area contributed by atoms with Crippen LogP contribution in [0.4, 0.5) is 0 Å². The van der Waals surface area contributed by atoms with Crippen molar-refractivity contribution >= 4 is 22.8 Å². The molecule has 1 unspecified atom stereocenters. The molecule has 0 bridgehead atoms. The summed E-state index contributed by atoms with van der Waals surface area (Å²) in [6.07, 6.45) is 1.47. The number of carbonyl (C=O) groups is 2. The van der Waals surface area contributed by atoms with E-state index in [1.54, 1.807) is 19.2 Å². The molecule has 1 aromatic carbocycles. The zero-order chi connectivity index (χ0) is 13.8. The number of pyridine rings is 1. The molecular weight excluding hydrogens is 244 g/mol. The predicted molar refractivity (Wildman–Crippen MR) is 70.9 cm³/mol. The Labute approximate surface area is 110 Å². The van der Waals surface area contributed by atoms with Crippen LogP contribution in [0.15, 0.2) is 36.5 Å². The Morgan fingerprint density at radius 3 is 2.79 bits per heavy atom. The van der Waals surface area contributed by atoms with Gasteiger partial charge in [-0.05, 0) is 19.1 Å². The maximum Gasteiger partial charge on any atom is 0.305 e. The lowest BCUT2D eigenvalue weighted by Crippen LogP contribution is -2.34. The number of carboxylic acids is 1. The predicted octanol–water partition coefficient (Wildman–Crippen LogP) is 1.83. The molecule has 0 radical (unpaired) electrons. The molecule has 5 nitrogen and oxygen atoms in total. The van der Waals surface area contributed by atoms with Crippen LogP contribution < -0.4 is 5.32 Å². The number of aromatic nitrogens is 1. The first-order chi connectivity index (χ1) is 9.08. The fourth-order valence-electron chi connectivity index (χ4n) is 1.91. The van der Waals surface area contributed by atoms with E-state index in [4.69, 9.17) is 5.11 Å². The van der Waals surface area contributed by atoms with E-state index in [1.807, 2.05) is 24.3 Å². The number of rotatable bonds is 4. The van der Waals surface area contributed by atoms with E-state index in [1.165, 1.54) is 0 Å². The third-order valence-corrected chi connectivity index (χ3v) is 2.75. The van der Waals surface area contributed by atoms with Crippen LogP contribution in [0.2, 0.25) is 0 Å². The van der Waals surface area contributed by atoms with E-state index >= 15 is 0 Å². The molecule has 1 atom stereocenters. The zero-order valence-corrected chi connectivity index (χ0v) is 10.5. The fraction of sp³-hybridized carbons (Fsp3) is 0.214. The van der Waals surface area contributed by atoms with Crippen molar-refractivity contribution in [2.24, 2.45) is 0 Å². The zero-order valence-electron chi connectivity index (χ0n) is 10.5. The molecule has 19 heavy (non-hydrogen) atoms. The monoisotopic (exact) mass is 258 g/mol. The van der Waals surface area contributed by atoms with Gasteiger partial charge in [0.1, 0.15) is 0 Å². The van der Waals surface area contributed by atoms with Gasteiger partial charge >= 0.3 is 5.97 Å². The smallest absolute Gasteiger partial charge is 0.305 e. The lowest BCUT2D eigenvalue weighted by Gasteiger charge is -2.12. The Hall–Kier alpha value is -2.43. The van der Waals surface area contributed by atoms with Crippen LogP contribution in [0, 0.1) is 0 Å². The van der Waals surface area contributed by atoms with Crippen molar-refractivity contribution < 1.29 is 14.7 Å². The summed E-state index contributed by atoms with van der Waals surface area (Å²) in [6, 6.07) is 8.54. The first kappa shape index (κ1) is 13.0. The van der Waals surface area contributed by atoms with E-state index in [9.17, 15) is 9.59 Å². The van der Waals surface area contributed by atoms with Crippen molar-refractivity contribution in [2.45, 2.75) is 19.4 Å². The standard InChI is InChI=1S/C14H14N2O3/c1-9(8-13(17)18)16-14(19)11-6-7-15-12-5-3-2-4-10(11)12/h2-7,9H,8H2,1H3,(H,16,19)(H,17,18). The Bertz CT molecular complexity index is 620. The molecule has 0 fully saturated rings. The maximum atomic E-state index is 12.1. The molecule has 2 N–H and O–H groups in total. The molecule has 1 heterocycles. The van der Waals surface area contributed by atoms with E-state index in [0.717, 1.165) is 10.9 Å². The number of benzene rings is 1. The van der Waals surface area contributed by atoms with E-state index in [0.29, 0.717) is 5.56 Å². The quantitative estimate of drug-likeness (QED) is 0.876. The molecule has 1 aromatic heterocycles. The average Bonchev–Trinajstić information content (AvgIpc) is 2.36. The minimum Gasteiger partial charge on any atom is -0.481 e. The minimum absolute atomic E-state index is 0.102. The van der Waals surface area contributed by atoms with Crippen molar-refractivity contribution in [3.8, 4) is 0 Å². The number of hydrogen-bond acceptors (Lipinski definition) is 3. The van der Waals surface area contributed by atoms with Crippen molar-refractivity contribution in [1.29, 1.82) is 0 Å². The second kappa shape index (κ2) is 5.48. The Balaban J connectivity index is 2.24. The summed E-state index contributed by atoms with van der Waals surface area (Å²) < 4.78 is 0. The molecule has 0 saturated heterocycles. The van der Waals surface area contributed by atoms with Gasteiger partial charge < -0.3 is 10.4 Å². The molecular formula is C14H14N2O3. The van der Waals surface area contributed by atoms with Crippen LogP contribution in [0.5, 0.6) is 0 Å². The number of carbonyl (C=O) groups excluding carboxylic acids is 1. The number of aliphatic carboxylic acids is 1. The third-order valence-electron chi connectivity index (χ3n) is 2.75. The molecule has 0 aliphatic heterocycles. The third kappa shape index (κ3) is 3.07. The Kier molecular flexibility index (Phi) is 3.75. The van der Waals surface area contributed by atoms with Crippen molar-refractivity contribution in [3.63, 3.8) is 0 Å². The van der Waals surface area contributed by atoms with Gasteiger partial charge in [-0.25, -0.2) is 0 Å². The number of nitrogens with one attached hydrogen (secondary N) is 1. The van der Waals surface area contributed by atoms with Gasteiger partial charge in [0.05, 0.1) is 17.5 Å². The van der Waals surface area contributed by atoms with Crippen LogP contribution in [-0.2, 0) is 4.79 Å². The number of amides is 1. The molecule has 5 heteroatoms. The number of fused-ring (bicyclic) bond motifs is 1. The maximum absolute atomic E-state index is 12.1. The Morgan fingerprint density at radius 1 is 1.32 bits per heavy atom. The second-order valence-corrected chi connectivity index (χ2v) is 4.35. The van der Waals surface area contributed by atoms with Crippen LogP contribution >= 0.6 is 0 Å². The highest BCUT2D eigenvalue weighted by Crippen LogP contribution is 2.16. The normalized spacial score (nSPS) is 12.1. The molecule has 1 amide bonds. The van der Waals surface area contributed by atoms with Crippen molar-refractivity contribution in [1.82, 2.24) is 10.3 Å². The molecule has 98 valence electrons. The highest BCUT2D eigenvalue weighted by molar-refractivity contribution is 6.06. The number of para-hydroxylation sites is 1. The molecule has 0 aliphatic rings. The molecule has 0 saturated carbocycles. The van der Waals surface area contributed by atoms with Gasteiger partial charge in [-0.2, -0.15) is 0 Å². The molecule has 2 aromatic rings. The van der Waals surface area contributed by atoms with Gasteiger partial charge in [0.15, 0.2) is 0 Å². The van der Waals surface area contributed by atoms with E-state index in [2.05, 4.69) is 10.3 Å². The van der Waals surface area contributed by atoms with Crippen molar-refractivity contribution in [3.05, 3.63) is 42.1 Å². The average molecular weight is 258 g/mol. The van der Waals surface area contributed by atoms with E-state index < -0.39 is 12.0 Å². The van der Waals surface area contributed by atoms with Gasteiger partial charge in [0.25, 0.3) is 5.91 Å². The summed E-state index contributed by atoms with van der Waals surface area (Å²) in [5.74, 6) is -1.22. The second-order valence-electron chi connectivity index (χ2n) is 4.35. The molecule has 0 aliphatic carbocycles. The van der Waals surface area contributed by atoms with Gasteiger partial charge in [0.2, 0.25) is 0 Å². The molecule has 0 spiro atoms. The van der Waals surface area contributed by atoms with Crippen LogP contribution in [0.3, 0.4) is 0 Å². The lowest BCUT2D eigenvalue weighted by atomic mass is 10.1. The first-order valence-corrected chi connectivity index (χ1v) is 5.94. The molecule has 2 rings (SSSR count). The van der Waals surface area contributed by atoms with Crippen LogP contribution in [0.1, 0.15) is 23.7 Å².